The van der Waals surface area contributed by atoms with Gasteiger partial charge in [-0.05, 0) is 43.0 Å². The monoisotopic (exact) mass is 464 g/mol. The van der Waals surface area contributed by atoms with Crippen LogP contribution >= 0.6 is 23.2 Å². The molecule has 1 aliphatic rings. The summed E-state index contributed by atoms with van der Waals surface area (Å²) in [6, 6.07) is 6.23. The van der Waals surface area contributed by atoms with E-state index in [0.29, 0.717) is 5.56 Å². The Labute approximate surface area is 180 Å². The predicted octanol–water partition coefficient (Wildman–Crippen LogP) is 5.17. The zero-order valence-electron chi connectivity index (χ0n) is 15.5. The summed E-state index contributed by atoms with van der Waals surface area (Å²) >= 11 is 11.9. The van der Waals surface area contributed by atoms with Crippen LogP contribution in [0.25, 0.3) is 0 Å². The van der Waals surface area contributed by atoms with Gasteiger partial charge < -0.3 is 10.4 Å². The van der Waals surface area contributed by atoms with Crippen molar-refractivity contribution >= 4 is 29.1 Å². The van der Waals surface area contributed by atoms with E-state index < -0.39 is 40.4 Å². The van der Waals surface area contributed by atoms with Crippen LogP contribution in [0.2, 0.25) is 10.2 Å². The van der Waals surface area contributed by atoms with Crippen molar-refractivity contribution in [1.29, 1.82) is 0 Å². The predicted molar refractivity (Wildman–Crippen MR) is 104 cm³/mol. The zero-order chi connectivity index (χ0) is 22.1. The number of benzene rings is 1. The standard InChI is InChI=1S/C20H18Cl2F4N2O2/c21-16-13(3-1-5-14(16)20(24,25)26)18(29)28-10-19(30)7-6-11(23)9-15(19)12-4-2-8-27-17(12)22/h1-5,8,11,15,30H,6-7,9-10H2,(H,28,29). The Bertz CT molecular complexity index is 941. The zero-order valence-corrected chi connectivity index (χ0v) is 17.0. The summed E-state index contributed by atoms with van der Waals surface area (Å²) in [6.45, 7) is -0.318. The van der Waals surface area contributed by atoms with Gasteiger partial charge in [0.25, 0.3) is 5.91 Å². The minimum absolute atomic E-state index is 0.0257. The Morgan fingerprint density at radius 3 is 2.67 bits per heavy atom. The van der Waals surface area contributed by atoms with E-state index in [0.717, 1.165) is 18.2 Å². The molecule has 0 saturated heterocycles. The average molecular weight is 465 g/mol. The summed E-state index contributed by atoms with van der Waals surface area (Å²) in [4.78, 5) is 16.5. The summed E-state index contributed by atoms with van der Waals surface area (Å²) in [5, 5.41) is 13.0. The van der Waals surface area contributed by atoms with Gasteiger partial charge in [-0.1, -0.05) is 35.3 Å². The fraction of sp³-hybridized carbons (Fsp3) is 0.400. The van der Waals surface area contributed by atoms with Gasteiger partial charge in [0.15, 0.2) is 0 Å². The van der Waals surface area contributed by atoms with E-state index in [2.05, 4.69) is 10.3 Å². The molecule has 2 aromatic rings. The molecular formula is C20H18Cl2F4N2O2. The number of hydrogen-bond donors (Lipinski definition) is 2. The lowest BCUT2D eigenvalue weighted by Gasteiger charge is -2.41. The quantitative estimate of drug-likeness (QED) is 0.484. The van der Waals surface area contributed by atoms with Crippen LogP contribution in [0, 0.1) is 0 Å². The van der Waals surface area contributed by atoms with E-state index in [1.807, 2.05) is 0 Å². The number of pyridine rings is 1. The molecule has 1 fully saturated rings. The van der Waals surface area contributed by atoms with Gasteiger partial charge in [0.2, 0.25) is 0 Å². The van der Waals surface area contributed by atoms with Crippen molar-refractivity contribution in [3.05, 3.63) is 63.4 Å². The third-order valence-corrected chi connectivity index (χ3v) is 6.02. The van der Waals surface area contributed by atoms with E-state index in [1.165, 1.54) is 6.20 Å². The van der Waals surface area contributed by atoms with Crippen molar-refractivity contribution in [1.82, 2.24) is 10.3 Å². The molecule has 1 amide bonds. The lowest BCUT2D eigenvalue weighted by Crippen LogP contribution is -2.50. The molecule has 10 heteroatoms. The summed E-state index contributed by atoms with van der Waals surface area (Å²) in [5.41, 5.74) is -2.62. The van der Waals surface area contributed by atoms with E-state index in [9.17, 15) is 27.5 Å². The molecular weight excluding hydrogens is 447 g/mol. The number of carbonyl (C=O) groups excluding carboxylic acids is 1. The molecule has 30 heavy (non-hydrogen) atoms. The van der Waals surface area contributed by atoms with Crippen LogP contribution in [0.1, 0.15) is 46.7 Å². The van der Waals surface area contributed by atoms with Crippen molar-refractivity contribution in [2.45, 2.75) is 43.1 Å². The van der Waals surface area contributed by atoms with E-state index >= 15 is 0 Å². The number of carbonyl (C=O) groups is 1. The molecule has 162 valence electrons. The molecule has 3 atom stereocenters. The summed E-state index contributed by atoms with van der Waals surface area (Å²) in [5.74, 6) is -1.63. The lowest BCUT2D eigenvalue weighted by molar-refractivity contribution is -0.137. The molecule has 1 saturated carbocycles. The largest absolute Gasteiger partial charge is 0.417 e. The molecule has 3 unspecified atom stereocenters. The van der Waals surface area contributed by atoms with Crippen molar-refractivity contribution in [3.8, 4) is 0 Å². The third-order valence-electron chi connectivity index (χ3n) is 5.30. The van der Waals surface area contributed by atoms with Gasteiger partial charge in [0.1, 0.15) is 11.3 Å². The van der Waals surface area contributed by atoms with Crippen molar-refractivity contribution < 1.29 is 27.5 Å². The number of rotatable bonds is 4. The number of alkyl halides is 4. The van der Waals surface area contributed by atoms with Crippen LogP contribution in [0.3, 0.4) is 0 Å². The molecule has 0 bridgehead atoms. The Balaban J connectivity index is 1.83. The summed E-state index contributed by atoms with van der Waals surface area (Å²) < 4.78 is 53.2. The molecule has 0 aliphatic heterocycles. The first-order valence-corrected chi connectivity index (χ1v) is 9.89. The van der Waals surface area contributed by atoms with Gasteiger partial charge in [-0.25, -0.2) is 9.37 Å². The molecule has 4 nitrogen and oxygen atoms in total. The maximum absolute atomic E-state index is 14.1. The fourth-order valence-corrected chi connectivity index (χ4v) is 4.29. The van der Waals surface area contributed by atoms with Crippen molar-refractivity contribution in [3.63, 3.8) is 0 Å². The SMILES string of the molecule is O=C(NCC1(O)CCC(F)CC1c1cccnc1Cl)c1cccc(C(F)(F)F)c1Cl. The van der Waals surface area contributed by atoms with Crippen LogP contribution in [0.15, 0.2) is 36.5 Å². The van der Waals surface area contributed by atoms with Gasteiger partial charge in [0.05, 0.1) is 21.8 Å². The molecule has 2 N–H and O–H groups in total. The maximum Gasteiger partial charge on any atom is 0.417 e. The molecule has 1 aliphatic carbocycles. The van der Waals surface area contributed by atoms with E-state index in [-0.39, 0.29) is 36.5 Å². The van der Waals surface area contributed by atoms with Gasteiger partial charge in [-0.3, -0.25) is 4.79 Å². The van der Waals surface area contributed by atoms with Crippen molar-refractivity contribution in [2.24, 2.45) is 0 Å². The molecule has 1 aromatic carbocycles. The summed E-state index contributed by atoms with van der Waals surface area (Å²) in [6.07, 6.45) is -4.35. The molecule has 0 spiro atoms. The normalized spacial score (nSPS) is 24.5. The first-order valence-electron chi connectivity index (χ1n) is 9.13. The molecule has 1 heterocycles. The van der Waals surface area contributed by atoms with Crippen molar-refractivity contribution in [2.75, 3.05) is 6.54 Å². The minimum atomic E-state index is -4.72. The topological polar surface area (TPSA) is 62.2 Å². The van der Waals surface area contributed by atoms with Crippen LogP contribution in [-0.2, 0) is 6.18 Å². The van der Waals surface area contributed by atoms with Gasteiger partial charge in [-0.15, -0.1) is 0 Å². The molecule has 1 aromatic heterocycles. The number of aromatic nitrogens is 1. The highest BCUT2D eigenvalue weighted by Gasteiger charge is 2.44. The number of hydrogen-bond acceptors (Lipinski definition) is 3. The maximum atomic E-state index is 14.1. The Kier molecular flexibility index (Phi) is 6.60. The van der Waals surface area contributed by atoms with Crippen LogP contribution in [0.5, 0.6) is 0 Å². The minimum Gasteiger partial charge on any atom is -0.387 e. The van der Waals surface area contributed by atoms with E-state index in [1.54, 1.807) is 12.1 Å². The number of nitrogens with zero attached hydrogens (tertiary/aromatic N) is 1. The second kappa shape index (κ2) is 8.69. The highest BCUT2D eigenvalue weighted by atomic mass is 35.5. The smallest absolute Gasteiger partial charge is 0.387 e. The average Bonchev–Trinajstić information content (AvgIpc) is 2.68. The molecule has 3 rings (SSSR count). The third kappa shape index (κ3) is 4.71. The van der Waals surface area contributed by atoms with Gasteiger partial charge in [0, 0.05) is 18.7 Å². The summed E-state index contributed by atoms with van der Waals surface area (Å²) in [7, 11) is 0. The fourth-order valence-electron chi connectivity index (χ4n) is 3.72. The highest BCUT2D eigenvalue weighted by Crippen LogP contribution is 2.43. The lowest BCUT2D eigenvalue weighted by atomic mass is 9.71. The number of nitrogens with one attached hydrogen (secondary N) is 1. The Morgan fingerprint density at radius 2 is 2.00 bits per heavy atom. The van der Waals surface area contributed by atoms with Gasteiger partial charge in [-0.2, -0.15) is 13.2 Å². The first kappa shape index (κ1) is 22.8. The second-order valence-electron chi connectivity index (χ2n) is 7.26. The number of aliphatic hydroxyl groups is 1. The van der Waals surface area contributed by atoms with E-state index in [4.69, 9.17) is 23.2 Å². The van der Waals surface area contributed by atoms with Crippen LogP contribution in [0.4, 0.5) is 17.6 Å². The van der Waals surface area contributed by atoms with Gasteiger partial charge >= 0.3 is 6.18 Å². The Hall–Kier alpha value is -1.90. The number of halogens is 6. The second-order valence-corrected chi connectivity index (χ2v) is 7.99. The molecule has 0 radical (unpaired) electrons. The highest BCUT2D eigenvalue weighted by molar-refractivity contribution is 6.34. The van der Waals surface area contributed by atoms with Crippen LogP contribution < -0.4 is 5.32 Å². The number of amides is 1. The van der Waals surface area contributed by atoms with Crippen LogP contribution in [-0.4, -0.2) is 34.3 Å². The Morgan fingerprint density at radius 1 is 1.27 bits per heavy atom. The first-order chi connectivity index (χ1) is 14.0.